The molecule has 7 nitrogen and oxygen atoms in total. The predicted octanol–water partition coefficient (Wildman–Crippen LogP) is 3.66. The molecule has 2 heterocycles. The summed E-state index contributed by atoms with van der Waals surface area (Å²) in [5.74, 6) is 2.20. The number of aryl methyl sites for hydroxylation is 1. The average Bonchev–Trinajstić information content (AvgIpc) is 3.20. The lowest BCUT2D eigenvalue weighted by Crippen LogP contribution is -2.48. The molecule has 4 fully saturated rings. The number of amides is 1. The third-order valence-corrected chi connectivity index (χ3v) is 8.59. The van der Waals surface area contributed by atoms with Crippen molar-refractivity contribution in [3.8, 4) is 0 Å². The van der Waals surface area contributed by atoms with Crippen LogP contribution in [0.15, 0.2) is 29.1 Å². The Labute approximate surface area is 183 Å². The van der Waals surface area contributed by atoms with Gasteiger partial charge in [-0.2, -0.15) is 5.10 Å². The standard InChI is InChI=1S/C23H25N5O2S/c1-13-17-4-2-3-5-18(17)20(30)28(27-13)12-19(29)24-22-26-25-21(31-22)23-9-14-6-15(10-23)8-16(7-14)11-23/h2-5,14-16H,6-12H2,1H3,(H,24,26,29). The molecule has 0 radical (unpaired) electrons. The van der Waals surface area contributed by atoms with Gasteiger partial charge < -0.3 is 0 Å². The third-order valence-electron chi connectivity index (χ3n) is 7.51. The molecule has 4 aliphatic rings. The predicted molar refractivity (Wildman–Crippen MR) is 119 cm³/mol. The topological polar surface area (TPSA) is 89.8 Å². The molecule has 4 aliphatic carbocycles. The van der Waals surface area contributed by atoms with Crippen LogP contribution in [0, 0.1) is 24.7 Å². The van der Waals surface area contributed by atoms with Gasteiger partial charge in [-0.25, -0.2) is 4.68 Å². The van der Waals surface area contributed by atoms with Crippen molar-refractivity contribution in [3.05, 3.63) is 45.3 Å². The van der Waals surface area contributed by atoms with E-state index in [-0.39, 0.29) is 23.4 Å². The summed E-state index contributed by atoms with van der Waals surface area (Å²) in [7, 11) is 0. The van der Waals surface area contributed by atoms with Crippen LogP contribution in [0.3, 0.4) is 0 Å². The molecule has 0 aliphatic heterocycles. The van der Waals surface area contributed by atoms with E-state index in [9.17, 15) is 9.59 Å². The normalized spacial score (nSPS) is 28.9. The van der Waals surface area contributed by atoms with Gasteiger partial charge in [0.2, 0.25) is 11.0 Å². The first kappa shape index (κ1) is 19.1. The SMILES string of the molecule is Cc1nn(CC(=O)Nc2nnc(C34CC5CC(CC(C5)C3)C4)s2)c(=O)c2ccccc12. The van der Waals surface area contributed by atoms with Crippen LogP contribution in [0.4, 0.5) is 5.13 Å². The Balaban J connectivity index is 1.21. The van der Waals surface area contributed by atoms with Gasteiger partial charge in [0.25, 0.3) is 5.56 Å². The molecule has 4 saturated carbocycles. The van der Waals surface area contributed by atoms with Crippen molar-refractivity contribution in [2.75, 3.05) is 5.32 Å². The van der Waals surface area contributed by atoms with E-state index in [0.717, 1.165) is 33.8 Å². The third kappa shape index (κ3) is 3.19. The van der Waals surface area contributed by atoms with Crippen molar-refractivity contribution < 1.29 is 4.79 Å². The number of aromatic nitrogens is 4. The Morgan fingerprint density at radius 1 is 1.10 bits per heavy atom. The number of anilines is 1. The number of carbonyl (C=O) groups excluding carboxylic acids is 1. The van der Waals surface area contributed by atoms with Crippen molar-refractivity contribution in [2.45, 2.75) is 57.4 Å². The number of rotatable bonds is 4. The van der Waals surface area contributed by atoms with Crippen LogP contribution in [0.2, 0.25) is 0 Å². The Kier molecular flexibility index (Phi) is 4.28. The molecule has 31 heavy (non-hydrogen) atoms. The first-order valence-electron chi connectivity index (χ1n) is 11.1. The van der Waals surface area contributed by atoms with Gasteiger partial charge in [0.15, 0.2) is 0 Å². The first-order valence-corrected chi connectivity index (χ1v) is 11.9. The van der Waals surface area contributed by atoms with Crippen LogP contribution in [0.5, 0.6) is 0 Å². The van der Waals surface area contributed by atoms with Gasteiger partial charge in [0.05, 0.1) is 11.1 Å². The molecule has 0 saturated heterocycles. The highest BCUT2D eigenvalue weighted by Gasteiger charge is 2.53. The van der Waals surface area contributed by atoms with Gasteiger partial charge in [-0.1, -0.05) is 29.5 Å². The van der Waals surface area contributed by atoms with Crippen molar-refractivity contribution in [1.29, 1.82) is 0 Å². The van der Waals surface area contributed by atoms with Crippen LogP contribution >= 0.6 is 11.3 Å². The number of hydrogen-bond acceptors (Lipinski definition) is 6. The lowest BCUT2D eigenvalue weighted by atomic mass is 9.50. The Hall–Kier alpha value is -2.61. The van der Waals surface area contributed by atoms with Crippen LogP contribution in [-0.4, -0.2) is 25.9 Å². The summed E-state index contributed by atoms with van der Waals surface area (Å²) in [6.45, 7) is 1.70. The molecule has 7 rings (SSSR count). The minimum Gasteiger partial charge on any atom is -0.299 e. The van der Waals surface area contributed by atoms with E-state index in [1.807, 2.05) is 25.1 Å². The second-order valence-electron chi connectivity index (χ2n) is 9.75. The zero-order valence-electron chi connectivity index (χ0n) is 17.5. The van der Waals surface area contributed by atoms with Crippen LogP contribution in [0.1, 0.15) is 49.2 Å². The number of hydrogen-bond donors (Lipinski definition) is 1. The molecule has 0 atom stereocenters. The molecule has 4 bridgehead atoms. The minimum absolute atomic E-state index is 0.142. The van der Waals surface area contributed by atoms with Crippen LogP contribution in [0.25, 0.3) is 10.8 Å². The van der Waals surface area contributed by atoms with E-state index in [1.54, 1.807) is 6.07 Å². The highest BCUT2D eigenvalue weighted by Crippen LogP contribution is 2.61. The fourth-order valence-corrected chi connectivity index (χ4v) is 7.64. The second-order valence-corrected chi connectivity index (χ2v) is 10.7. The van der Waals surface area contributed by atoms with Gasteiger partial charge in [-0.05, 0) is 69.3 Å². The number of nitrogens with zero attached hydrogens (tertiary/aromatic N) is 4. The maximum absolute atomic E-state index is 12.7. The maximum Gasteiger partial charge on any atom is 0.275 e. The van der Waals surface area contributed by atoms with E-state index in [0.29, 0.717) is 10.5 Å². The molecule has 1 aromatic carbocycles. The van der Waals surface area contributed by atoms with Gasteiger partial charge in [-0.15, -0.1) is 10.2 Å². The average molecular weight is 436 g/mol. The van der Waals surface area contributed by atoms with Gasteiger partial charge in [0.1, 0.15) is 11.6 Å². The zero-order valence-corrected chi connectivity index (χ0v) is 18.3. The van der Waals surface area contributed by atoms with E-state index >= 15 is 0 Å². The molecule has 8 heteroatoms. The molecular weight excluding hydrogens is 410 g/mol. The largest absolute Gasteiger partial charge is 0.299 e. The fraction of sp³-hybridized carbons (Fsp3) is 0.522. The van der Waals surface area contributed by atoms with Crippen molar-refractivity contribution >= 4 is 33.1 Å². The highest BCUT2D eigenvalue weighted by atomic mass is 32.1. The Morgan fingerprint density at radius 2 is 1.74 bits per heavy atom. The van der Waals surface area contributed by atoms with Crippen molar-refractivity contribution in [2.24, 2.45) is 17.8 Å². The van der Waals surface area contributed by atoms with Crippen LogP contribution < -0.4 is 10.9 Å². The molecule has 1 N–H and O–H groups in total. The van der Waals surface area contributed by atoms with Gasteiger partial charge in [0, 0.05) is 10.8 Å². The summed E-state index contributed by atoms with van der Waals surface area (Å²) in [6.07, 6.45) is 7.81. The quantitative estimate of drug-likeness (QED) is 0.675. The number of benzene rings is 1. The monoisotopic (exact) mass is 435 g/mol. The van der Waals surface area contributed by atoms with Gasteiger partial charge >= 0.3 is 0 Å². The Bertz CT molecular complexity index is 1210. The molecule has 2 aromatic heterocycles. The Morgan fingerprint density at radius 3 is 2.42 bits per heavy atom. The molecule has 160 valence electrons. The van der Waals surface area contributed by atoms with Crippen molar-refractivity contribution in [3.63, 3.8) is 0 Å². The maximum atomic E-state index is 12.7. The fourth-order valence-electron chi connectivity index (χ4n) is 6.67. The number of nitrogens with one attached hydrogen (secondary N) is 1. The summed E-state index contributed by atoms with van der Waals surface area (Å²) in [5.41, 5.74) is 0.634. The van der Waals surface area contributed by atoms with Gasteiger partial charge in [-0.3, -0.25) is 14.9 Å². The highest BCUT2D eigenvalue weighted by molar-refractivity contribution is 7.15. The summed E-state index contributed by atoms with van der Waals surface area (Å²) in [4.78, 5) is 25.4. The summed E-state index contributed by atoms with van der Waals surface area (Å²) < 4.78 is 1.23. The summed E-state index contributed by atoms with van der Waals surface area (Å²) in [5, 5.41) is 18.9. The lowest BCUT2D eigenvalue weighted by Gasteiger charge is -2.55. The van der Waals surface area contributed by atoms with E-state index in [2.05, 4.69) is 20.6 Å². The van der Waals surface area contributed by atoms with E-state index in [4.69, 9.17) is 0 Å². The van der Waals surface area contributed by atoms with E-state index < -0.39 is 0 Å². The molecule has 1 amide bonds. The molecular formula is C23H25N5O2S. The number of fused-ring (bicyclic) bond motifs is 1. The molecule has 0 unspecified atom stereocenters. The number of carbonyl (C=O) groups is 1. The minimum atomic E-state index is -0.308. The van der Waals surface area contributed by atoms with Crippen LogP contribution in [-0.2, 0) is 16.8 Å². The zero-order chi connectivity index (χ0) is 21.2. The van der Waals surface area contributed by atoms with E-state index in [1.165, 1.54) is 54.5 Å². The lowest BCUT2D eigenvalue weighted by molar-refractivity contribution is -0.117. The summed E-state index contributed by atoms with van der Waals surface area (Å²) >= 11 is 1.51. The first-order chi connectivity index (χ1) is 15.0. The molecule has 0 spiro atoms. The second kappa shape index (κ2) is 6.95. The molecule has 3 aromatic rings. The smallest absolute Gasteiger partial charge is 0.275 e. The summed E-state index contributed by atoms with van der Waals surface area (Å²) in [6, 6.07) is 7.34. The van der Waals surface area contributed by atoms with Crippen molar-refractivity contribution in [1.82, 2.24) is 20.0 Å².